The number of nitrogens with two attached hydrogens (primary N) is 1. The van der Waals surface area contributed by atoms with Crippen molar-refractivity contribution in [3.63, 3.8) is 0 Å². The molecule has 0 aromatic heterocycles. The molecule has 5 nitrogen and oxygen atoms in total. The number of hydrogen-bond donors (Lipinski definition) is 2. The van der Waals surface area contributed by atoms with Crippen molar-refractivity contribution in [1.29, 1.82) is 0 Å². The number of para-hydroxylation sites is 1. The number of nitrogens with zero attached hydrogens (tertiary/aromatic N) is 1. The molecule has 1 rings (SSSR count). The average molecular weight is 263 g/mol. The van der Waals surface area contributed by atoms with Crippen LogP contribution in [0, 0.1) is 0 Å². The molecule has 0 radical (unpaired) electrons. The van der Waals surface area contributed by atoms with Gasteiger partial charge in [0.25, 0.3) is 0 Å². The third kappa shape index (κ3) is 5.52. The summed E-state index contributed by atoms with van der Waals surface area (Å²) in [6.45, 7) is 1.96. The Morgan fingerprint density at radius 3 is 2.53 bits per heavy atom. The van der Waals surface area contributed by atoms with Gasteiger partial charge in [0.05, 0.1) is 6.54 Å². The van der Waals surface area contributed by atoms with Crippen molar-refractivity contribution < 1.29 is 9.59 Å². The van der Waals surface area contributed by atoms with Crippen LogP contribution in [0.1, 0.15) is 19.8 Å². The minimum Gasteiger partial charge on any atom is -0.336 e. The molecule has 1 aromatic carbocycles. The first kappa shape index (κ1) is 15.2. The van der Waals surface area contributed by atoms with Gasteiger partial charge in [0.2, 0.25) is 11.8 Å². The van der Waals surface area contributed by atoms with Gasteiger partial charge in [-0.3, -0.25) is 9.59 Å². The minimum absolute atomic E-state index is 0.0319. The molecule has 5 heteroatoms. The first-order valence-electron chi connectivity index (χ1n) is 6.37. The van der Waals surface area contributed by atoms with Crippen LogP contribution in [0.15, 0.2) is 30.3 Å². The predicted molar refractivity (Wildman–Crippen MR) is 75.6 cm³/mol. The second-order valence-electron chi connectivity index (χ2n) is 4.54. The number of benzene rings is 1. The standard InChI is InChI=1S/C14H21N3O2/c1-3-11(15)9-14(19)17(2)10-13(18)16-12-7-5-4-6-8-12/h4-8,11H,3,9-10,15H2,1-2H3,(H,16,18). The van der Waals surface area contributed by atoms with Crippen molar-refractivity contribution in [2.24, 2.45) is 5.73 Å². The van der Waals surface area contributed by atoms with E-state index < -0.39 is 0 Å². The van der Waals surface area contributed by atoms with E-state index in [9.17, 15) is 9.59 Å². The highest BCUT2D eigenvalue weighted by Crippen LogP contribution is 2.05. The Labute approximate surface area is 113 Å². The maximum Gasteiger partial charge on any atom is 0.243 e. The van der Waals surface area contributed by atoms with Gasteiger partial charge in [-0.25, -0.2) is 0 Å². The van der Waals surface area contributed by atoms with Gasteiger partial charge in [0.15, 0.2) is 0 Å². The lowest BCUT2D eigenvalue weighted by atomic mass is 10.1. The van der Waals surface area contributed by atoms with Crippen LogP contribution in [0.2, 0.25) is 0 Å². The zero-order valence-corrected chi connectivity index (χ0v) is 11.4. The van der Waals surface area contributed by atoms with E-state index >= 15 is 0 Å². The summed E-state index contributed by atoms with van der Waals surface area (Å²) in [4.78, 5) is 24.9. The molecule has 0 saturated heterocycles. The van der Waals surface area contributed by atoms with E-state index in [0.29, 0.717) is 0 Å². The quantitative estimate of drug-likeness (QED) is 0.810. The molecular weight excluding hydrogens is 242 g/mol. The summed E-state index contributed by atoms with van der Waals surface area (Å²) in [5, 5.41) is 2.73. The normalized spacial score (nSPS) is 11.7. The van der Waals surface area contributed by atoms with Crippen molar-refractivity contribution in [3.8, 4) is 0 Å². The van der Waals surface area contributed by atoms with Crippen LogP contribution >= 0.6 is 0 Å². The second-order valence-corrected chi connectivity index (χ2v) is 4.54. The maximum absolute atomic E-state index is 11.8. The van der Waals surface area contributed by atoms with Gasteiger partial charge < -0.3 is 16.0 Å². The smallest absolute Gasteiger partial charge is 0.243 e. The third-order valence-electron chi connectivity index (χ3n) is 2.83. The fourth-order valence-electron chi connectivity index (χ4n) is 1.55. The Bertz CT molecular complexity index is 420. The fraction of sp³-hybridized carbons (Fsp3) is 0.429. The first-order chi connectivity index (χ1) is 9.02. The Balaban J connectivity index is 2.41. The molecule has 104 valence electrons. The largest absolute Gasteiger partial charge is 0.336 e. The number of hydrogen-bond acceptors (Lipinski definition) is 3. The molecule has 0 fully saturated rings. The van der Waals surface area contributed by atoms with Gasteiger partial charge in [-0.1, -0.05) is 25.1 Å². The number of nitrogens with one attached hydrogen (secondary N) is 1. The fourth-order valence-corrected chi connectivity index (χ4v) is 1.55. The van der Waals surface area contributed by atoms with Crippen molar-refractivity contribution in [1.82, 2.24) is 4.90 Å². The van der Waals surface area contributed by atoms with E-state index in [2.05, 4.69) is 5.32 Å². The molecule has 19 heavy (non-hydrogen) atoms. The van der Waals surface area contributed by atoms with Gasteiger partial charge in [-0.15, -0.1) is 0 Å². The van der Waals surface area contributed by atoms with Crippen LogP contribution in [0.3, 0.4) is 0 Å². The van der Waals surface area contributed by atoms with Gasteiger partial charge in [0, 0.05) is 25.2 Å². The Hall–Kier alpha value is -1.88. The third-order valence-corrected chi connectivity index (χ3v) is 2.83. The summed E-state index contributed by atoms with van der Waals surface area (Å²) in [6, 6.07) is 9.00. The maximum atomic E-state index is 11.8. The number of carbonyl (C=O) groups is 2. The SMILES string of the molecule is CCC(N)CC(=O)N(C)CC(=O)Nc1ccccc1. The van der Waals surface area contributed by atoms with Gasteiger partial charge in [0.1, 0.15) is 0 Å². The molecule has 2 amide bonds. The van der Waals surface area contributed by atoms with E-state index in [1.165, 1.54) is 4.90 Å². The highest BCUT2D eigenvalue weighted by Gasteiger charge is 2.15. The highest BCUT2D eigenvalue weighted by atomic mass is 16.2. The Kier molecular flexibility index (Phi) is 6.02. The molecule has 1 unspecified atom stereocenters. The number of amides is 2. The molecule has 0 aliphatic heterocycles. The minimum atomic E-state index is -0.216. The molecule has 0 heterocycles. The Morgan fingerprint density at radius 1 is 1.32 bits per heavy atom. The first-order valence-corrected chi connectivity index (χ1v) is 6.37. The number of carbonyl (C=O) groups excluding carboxylic acids is 2. The molecule has 0 aliphatic carbocycles. The van der Waals surface area contributed by atoms with Crippen LogP contribution in [0.5, 0.6) is 0 Å². The number of likely N-dealkylation sites (N-methyl/N-ethyl adjacent to an activating group) is 1. The monoisotopic (exact) mass is 263 g/mol. The van der Waals surface area contributed by atoms with Crippen LogP contribution in [0.4, 0.5) is 5.69 Å². The second kappa shape index (κ2) is 7.53. The van der Waals surface area contributed by atoms with E-state index in [1.807, 2.05) is 25.1 Å². The van der Waals surface area contributed by atoms with Crippen LogP contribution in [-0.2, 0) is 9.59 Å². The van der Waals surface area contributed by atoms with Crippen molar-refractivity contribution in [2.45, 2.75) is 25.8 Å². The lowest BCUT2D eigenvalue weighted by molar-refractivity contribution is -0.133. The summed E-state index contributed by atoms with van der Waals surface area (Å²) in [7, 11) is 1.61. The lowest BCUT2D eigenvalue weighted by Gasteiger charge is -2.18. The van der Waals surface area contributed by atoms with Gasteiger partial charge in [-0.2, -0.15) is 0 Å². The summed E-state index contributed by atoms with van der Waals surface area (Å²) in [6.07, 6.45) is 1.02. The molecular formula is C14H21N3O2. The van der Waals surface area contributed by atoms with Crippen LogP contribution in [0.25, 0.3) is 0 Å². The van der Waals surface area contributed by atoms with E-state index in [-0.39, 0.29) is 30.8 Å². The summed E-state index contributed by atoms with van der Waals surface area (Å²) >= 11 is 0. The zero-order chi connectivity index (χ0) is 14.3. The lowest BCUT2D eigenvalue weighted by Crippen LogP contribution is -2.37. The molecule has 0 aliphatic rings. The molecule has 0 saturated carbocycles. The topological polar surface area (TPSA) is 75.4 Å². The van der Waals surface area contributed by atoms with Crippen molar-refractivity contribution in [3.05, 3.63) is 30.3 Å². The van der Waals surface area contributed by atoms with Gasteiger partial charge in [-0.05, 0) is 18.6 Å². The van der Waals surface area contributed by atoms with Crippen molar-refractivity contribution >= 4 is 17.5 Å². The summed E-state index contributed by atoms with van der Waals surface area (Å²) in [5.74, 6) is -0.329. The number of rotatable bonds is 6. The van der Waals surface area contributed by atoms with E-state index in [1.54, 1.807) is 19.2 Å². The number of anilines is 1. The predicted octanol–water partition coefficient (Wildman–Crippen LogP) is 1.21. The molecule has 1 atom stereocenters. The molecule has 1 aromatic rings. The Morgan fingerprint density at radius 2 is 1.95 bits per heavy atom. The summed E-state index contributed by atoms with van der Waals surface area (Å²) < 4.78 is 0. The zero-order valence-electron chi connectivity index (χ0n) is 11.4. The molecule has 0 spiro atoms. The van der Waals surface area contributed by atoms with Crippen LogP contribution in [-0.4, -0.2) is 36.3 Å². The molecule has 3 N–H and O–H groups in total. The van der Waals surface area contributed by atoms with Crippen molar-refractivity contribution in [2.75, 3.05) is 18.9 Å². The van der Waals surface area contributed by atoms with Crippen LogP contribution < -0.4 is 11.1 Å². The van der Waals surface area contributed by atoms with Gasteiger partial charge >= 0.3 is 0 Å². The molecule has 0 bridgehead atoms. The van der Waals surface area contributed by atoms with E-state index in [0.717, 1.165) is 12.1 Å². The highest BCUT2D eigenvalue weighted by molar-refractivity contribution is 5.94. The summed E-state index contributed by atoms with van der Waals surface area (Å²) in [5.41, 5.74) is 6.44. The average Bonchev–Trinajstić information content (AvgIpc) is 2.39. The van der Waals surface area contributed by atoms with E-state index in [4.69, 9.17) is 5.73 Å².